The Hall–Kier alpha value is -1.57. The van der Waals surface area contributed by atoms with Crippen LogP contribution >= 0.6 is 0 Å². The summed E-state index contributed by atoms with van der Waals surface area (Å²) >= 11 is 0. The van der Waals surface area contributed by atoms with E-state index < -0.39 is 5.91 Å². The van der Waals surface area contributed by atoms with E-state index in [9.17, 15) is 4.79 Å². The molecule has 0 fully saturated rings. The lowest BCUT2D eigenvalue weighted by Crippen LogP contribution is -2.21. The molecule has 2 N–H and O–H groups in total. The molecule has 5 heteroatoms. The molecule has 0 atom stereocenters. The molecule has 0 aromatic heterocycles. The number of carbonyl (C=O) groups excluding carboxylic acids is 1. The van der Waals surface area contributed by atoms with E-state index in [1.807, 2.05) is 0 Å². The molecule has 0 saturated carbocycles. The minimum atomic E-state index is -0.856. The molecule has 0 heterocycles. The summed E-state index contributed by atoms with van der Waals surface area (Å²) < 4.78 is 0. The number of amides is 1. The first-order valence-electron chi connectivity index (χ1n) is 5.62. The van der Waals surface area contributed by atoms with Crippen molar-refractivity contribution in [1.82, 2.24) is 0 Å². The normalized spacial score (nSPS) is 10.9. The van der Waals surface area contributed by atoms with Crippen LogP contribution in [0.2, 0.25) is 0 Å². The third-order valence-electron chi connectivity index (χ3n) is 2.08. The molecule has 0 spiro atoms. The number of hydrogen-bond acceptors (Lipinski definition) is 4. The molecule has 90 valence electrons. The van der Waals surface area contributed by atoms with Crippen LogP contribution in [-0.2, 0) is 9.63 Å². The summed E-state index contributed by atoms with van der Waals surface area (Å²) in [4.78, 5) is 15.4. The summed E-state index contributed by atoms with van der Waals surface area (Å²) in [6.07, 6.45) is 6.87. The maximum absolute atomic E-state index is 10.6. The first kappa shape index (κ1) is 14.4. The number of oxime groups is 1. The zero-order valence-electron chi connectivity index (χ0n) is 9.74. The molecule has 1 amide bonds. The Morgan fingerprint density at radius 3 is 2.50 bits per heavy atom. The fourth-order valence-electron chi connectivity index (χ4n) is 1.18. The Bertz CT molecular complexity index is 269. The second-order valence-corrected chi connectivity index (χ2v) is 3.52. The first-order valence-corrected chi connectivity index (χ1v) is 5.62. The fourth-order valence-corrected chi connectivity index (χ4v) is 1.18. The van der Waals surface area contributed by atoms with Crippen LogP contribution in [0.15, 0.2) is 5.16 Å². The van der Waals surface area contributed by atoms with E-state index in [-0.39, 0.29) is 5.71 Å². The number of nitrogens with two attached hydrogens (primary N) is 1. The smallest absolute Gasteiger partial charge is 0.281 e. The van der Waals surface area contributed by atoms with Gasteiger partial charge in [0.1, 0.15) is 12.7 Å². The molecule has 0 bridgehead atoms. The Kier molecular flexibility index (Phi) is 8.99. The van der Waals surface area contributed by atoms with Crippen molar-refractivity contribution >= 4 is 11.6 Å². The Labute approximate surface area is 96.2 Å². The highest BCUT2D eigenvalue weighted by Gasteiger charge is 2.04. The Balaban J connectivity index is 3.46. The van der Waals surface area contributed by atoms with Gasteiger partial charge in [-0.1, -0.05) is 37.8 Å². The van der Waals surface area contributed by atoms with Gasteiger partial charge in [0.05, 0.1) is 0 Å². The highest BCUT2D eigenvalue weighted by Crippen LogP contribution is 2.04. The molecule has 16 heavy (non-hydrogen) atoms. The standard InChI is InChI=1S/C11H19N3O2/c1-2-3-4-5-6-7-8-16-14-10(9-12)11(13)15/h2-8H2,1H3,(H2,13,15)/b14-10+. The number of carbonyl (C=O) groups is 1. The van der Waals surface area contributed by atoms with Gasteiger partial charge in [0, 0.05) is 0 Å². The van der Waals surface area contributed by atoms with Crippen LogP contribution in [0.5, 0.6) is 0 Å². The van der Waals surface area contributed by atoms with Crippen LogP contribution in [0.3, 0.4) is 0 Å². The van der Waals surface area contributed by atoms with Gasteiger partial charge >= 0.3 is 0 Å². The van der Waals surface area contributed by atoms with E-state index in [0.29, 0.717) is 6.61 Å². The minimum Gasteiger partial charge on any atom is -0.395 e. The first-order chi connectivity index (χ1) is 7.72. The molecule has 0 aliphatic heterocycles. The summed E-state index contributed by atoms with van der Waals surface area (Å²) in [5.74, 6) is -0.856. The van der Waals surface area contributed by atoms with Gasteiger partial charge in [-0.15, -0.1) is 0 Å². The summed E-state index contributed by atoms with van der Waals surface area (Å²) in [7, 11) is 0. The molecule has 0 aromatic carbocycles. The SMILES string of the molecule is CCCCCCCCO/N=C(\C#N)C(N)=O. The van der Waals surface area contributed by atoms with E-state index in [4.69, 9.17) is 15.8 Å². The lowest BCUT2D eigenvalue weighted by atomic mass is 10.1. The van der Waals surface area contributed by atoms with Gasteiger partial charge in [0.2, 0.25) is 5.71 Å². The molecular weight excluding hydrogens is 206 g/mol. The summed E-state index contributed by atoms with van der Waals surface area (Å²) in [5.41, 5.74) is 4.49. The summed E-state index contributed by atoms with van der Waals surface area (Å²) in [5, 5.41) is 11.8. The number of primary amides is 1. The average molecular weight is 225 g/mol. The monoisotopic (exact) mass is 225 g/mol. The molecule has 0 unspecified atom stereocenters. The predicted octanol–water partition coefficient (Wildman–Crippen LogP) is 1.73. The van der Waals surface area contributed by atoms with Gasteiger partial charge in [-0.25, -0.2) is 0 Å². The summed E-state index contributed by atoms with van der Waals surface area (Å²) in [6.45, 7) is 2.59. The van der Waals surface area contributed by atoms with Crippen LogP contribution in [0.25, 0.3) is 0 Å². The second-order valence-electron chi connectivity index (χ2n) is 3.52. The number of nitriles is 1. The van der Waals surface area contributed by atoms with Crippen molar-refractivity contribution in [2.75, 3.05) is 6.61 Å². The quantitative estimate of drug-likeness (QED) is 0.368. The highest BCUT2D eigenvalue weighted by atomic mass is 16.6. The van der Waals surface area contributed by atoms with Crippen LogP contribution in [0, 0.1) is 11.3 Å². The van der Waals surface area contributed by atoms with E-state index in [1.54, 1.807) is 6.07 Å². The maximum Gasteiger partial charge on any atom is 0.281 e. The van der Waals surface area contributed by atoms with Crippen molar-refractivity contribution in [2.24, 2.45) is 10.9 Å². The predicted molar refractivity (Wildman–Crippen MR) is 61.6 cm³/mol. The third kappa shape index (κ3) is 7.80. The molecule has 0 rings (SSSR count). The number of nitrogens with zero attached hydrogens (tertiary/aromatic N) is 2. The van der Waals surface area contributed by atoms with Gasteiger partial charge in [-0.3, -0.25) is 4.79 Å². The lowest BCUT2D eigenvalue weighted by molar-refractivity contribution is -0.112. The Morgan fingerprint density at radius 1 is 1.31 bits per heavy atom. The van der Waals surface area contributed by atoms with Crippen LogP contribution in [-0.4, -0.2) is 18.2 Å². The largest absolute Gasteiger partial charge is 0.395 e. The average Bonchev–Trinajstić information content (AvgIpc) is 2.26. The molecule has 0 saturated heterocycles. The van der Waals surface area contributed by atoms with E-state index >= 15 is 0 Å². The van der Waals surface area contributed by atoms with Crippen molar-refractivity contribution in [3.8, 4) is 6.07 Å². The zero-order chi connectivity index (χ0) is 12.2. The molecule has 0 aliphatic carbocycles. The summed E-state index contributed by atoms with van der Waals surface area (Å²) in [6, 6.07) is 1.57. The van der Waals surface area contributed by atoms with Gasteiger partial charge in [-0.05, 0) is 12.8 Å². The Morgan fingerprint density at radius 2 is 1.94 bits per heavy atom. The number of hydrogen-bond donors (Lipinski definition) is 1. The van der Waals surface area contributed by atoms with Gasteiger partial charge in [0.15, 0.2) is 0 Å². The van der Waals surface area contributed by atoms with Gasteiger partial charge < -0.3 is 10.6 Å². The lowest BCUT2D eigenvalue weighted by Gasteiger charge is -2.00. The van der Waals surface area contributed by atoms with Gasteiger partial charge in [0.25, 0.3) is 5.91 Å². The van der Waals surface area contributed by atoms with Crippen molar-refractivity contribution in [3.05, 3.63) is 0 Å². The van der Waals surface area contributed by atoms with Crippen molar-refractivity contribution < 1.29 is 9.63 Å². The molecule has 5 nitrogen and oxygen atoms in total. The molecule has 0 radical (unpaired) electrons. The number of unbranched alkanes of at least 4 members (excludes halogenated alkanes) is 5. The molecule has 0 aromatic rings. The van der Waals surface area contributed by atoms with E-state index in [1.165, 1.54) is 25.7 Å². The van der Waals surface area contributed by atoms with Crippen LogP contribution in [0.4, 0.5) is 0 Å². The van der Waals surface area contributed by atoms with Crippen molar-refractivity contribution in [3.63, 3.8) is 0 Å². The van der Waals surface area contributed by atoms with E-state index in [0.717, 1.165) is 12.8 Å². The van der Waals surface area contributed by atoms with Crippen molar-refractivity contribution in [1.29, 1.82) is 5.26 Å². The maximum atomic E-state index is 10.6. The zero-order valence-corrected chi connectivity index (χ0v) is 9.74. The third-order valence-corrected chi connectivity index (χ3v) is 2.08. The van der Waals surface area contributed by atoms with Crippen molar-refractivity contribution in [2.45, 2.75) is 45.4 Å². The minimum absolute atomic E-state index is 0.383. The van der Waals surface area contributed by atoms with Gasteiger partial charge in [-0.2, -0.15) is 5.26 Å². The van der Waals surface area contributed by atoms with Crippen LogP contribution in [0.1, 0.15) is 45.4 Å². The fraction of sp³-hybridized carbons (Fsp3) is 0.727. The second kappa shape index (κ2) is 9.97. The molecule has 0 aliphatic rings. The number of rotatable bonds is 9. The topological polar surface area (TPSA) is 88.5 Å². The molecular formula is C11H19N3O2. The highest BCUT2D eigenvalue weighted by molar-refractivity contribution is 6.44. The van der Waals surface area contributed by atoms with Crippen LogP contribution < -0.4 is 5.73 Å². The van der Waals surface area contributed by atoms with E-state index in [2.05, 4.69) is 12.1 Å².